The molecular formula is C15H13ClN2O3. The number of halogens is 1. The molecule has 0 fully saturated rings. The summed E-state index contributed by atoms with van der Waals surface area (Å²) in [5.74, 6) is 1.12. The lowest BCUT2D eigenvalue weighted by molar-refractivity contribution is 0.0951. The molecule has 21 heavy (non-hydrogen) atoms. The van der Waals surface area contributed by atoms with Gasteiger partial charge in [0, 0.05) is 12.2 Å². The topological polar surface area (TPSA) is 73.6 Å². The molecule has 2 aromatic carbocycles. The summed E-state index contributed by atoms with van der Waals surface area (Å²) in [6.07, 6.45) is 0. The van der Waals surface area contributed by atoms with Gasteiger partial charge in [0.1, 0.15) is 0 Å². The number of fused-ring (bicyclic) bond motifs is 1. The van der Waals surface area contributed by atoms with Gasteiger partial charge in [-0.25, -0.2) is 0 Å². The molecule has 0 bridgehead atoms. The van der Waals surface area contributed by atoms with Crippen LogP contribution >= 0.6 is 11.6 Å². The molecule has 3 rings (SSSR count). The molecule has 0 unspecified atom stereocenters. The number of amides is 1. The Kier molecular flexibility index (Phi) is 3.58. The van der Waals surface area contributed by atoms with Gasteiger partial charge in [-0.15, -0.1) is 0 Å². The molecule has 1 amide bonds. The molecule has 0 radical (unpaired) electrons. The zero-order valence-electron chi connectivity index (χ0n) is 11.1. The Morgan fingerprint density at radius 1 is 1.19 bits per heavy atom. The highest BCUT2D eigenvalue weighted by Gasteiger charge is 2.14. The van der Waals surface area contributed by atoms with Crippen LogP contribution in [0.15, 0.2) is 36.4 Å². The van der Waals surface area contributed by atoms with Crippen LogP contribution in [0.1, 0.15) is 15.9 Å². The molecule has 0 saturated heterocycles. The molecule has 108 valence electrons. The van der Waals surface area contributed by atoms with Crippen molar-refractivity contribution in [2.75, 3.05) is 12.5 Å². The lowest BCUT2D eigenvalue weighted by Crippen LogP contribution is -2.23. The Labute approximate surface area is 126 Å². The van der Waals surface area contributed by atoms with Crippen LogP contribution in [0.3, 0.4) is 0 Å². The number of anilines is 1. The van der Waals surface area contributed by atoms with E-state index in [1.807, 2.05) is 18.2 Å². The van der Waals surface area contributed by atoms with Gasteiger partial charge < -0.3 is 20.5 Å². The maximum atomic E-state index is 12.1. The van der Waals surface area contributed by atoms with E-state index in [4.69, 9.17) is 26.8 Å². The summed E-state index contributed by atoms with van der Waals surface area (Å²) in [6, 6.07) is 10.3. The fourth-order valence-electron chi connectivity index (χ4n) is 2.05. The van der Waals surface area contributed by atoms with Crippen molar-refractivity contribution >= 4 is 23.2 Å². The maximum absolute atomic E-state index is 12.1. The van der Waals surface area contributed by atoms with Crippen molar-refractivity contribution in [1.29, 1.82) is 0 Å². The third kappa shape index (κ3) is 2.87. The predicted octanol–water partition coefficient (Wildman–Crippen LogP) is 2.58. The Bertz CT molecular complexity index is 703. The zero-order valence-corrected chi connectivity index (χ0v) is 11.8. The van der Waals surface area contributed by atoms with Crippen molar-refractivity contribution in [3.63, 3.8) is 0 Å². The van der Waals surface area contributed by atoms with Crippen molar-refractivity contribution in [3.05, 3.63) is 52.5 Å². The lowest BCUT2D eigenvalue weighted by atomic mass is 10.1. The first-order chi connectivity index (χ1) is 10.1. The third-order valence-corrected chi connectivity index (χ3v) is 3.45. The minimum absolute atomic E-state index is 0.226. The minimum Gasteiger partial charge on any atom is -0.454 e. The van der Waals surface area contributed by atoms with Crippen molar-refractivity contribution in [1.82, 2.24) is 5.32 Å². The second-order valence-corrected chi connectivity index (χ2v) is 5.02. The number of nitrogens with one attached hydrogen (secondary N) is 1. The average Bonchev–Trinajstić information content (AvgIpc) is 2.94. The van der Waals surface area contributed by atoms with Gasteiger partial charge in [-0.05, 0) is 35.9 Å². The van der Waals surface area contributed by atoms with Crippen LogP contribution in [0.25, 0.3) is 0 Å². The van der Waals surface area contributed by atoms with E-state index in [1.54, 1.807) is 18.2 Å². The van der Waals surface area contributed by atoms with E-state index < -0.39 is 0 Å². The first-order valence-corrected chi connectivity index (χ1v) is 6.73. The molecule has 0 spiro atoms. The van der Waals surface area contributed by atoms with Crippen molar-refractivity contribution in [2.24, 2.45) is 0 Å². The summed E-state index contributed by atoms with van der Waals surface area (Å²) in [5.41, 5.74) is 7.43. The molecule has 5 nitrogen and oxygen atoms in total. The molecule has 2 aromatic rings. The molecule has 0 saturated carbocycles. The van der Waals surface area contributed by atoms with Gasteiger partial charge in [-0.3, -0.25) is 4.79 Å². The number of carbonyl (C=O) groups excluding carboxylic acids is 1. The number of carbonyl (C=O) groups is 1. The normalized spacial score (nSPS) is 12.2. The van der Waals surface area contributed by atoms with Crippen LogP contribution < -0.4 is 20.5 Å². The largest absolute Gasteiger partial charge is 0.454 e. The molecule has 0 aromatic heterocycles. The molecule has 6 heteroatoms. The van der Waals surface area contributed by atoms with Crippen molar-refractivity contribution in [3.8, 4) is 11.5 Å². The van der Waals surface area contributed by atoms with Gasteiger partial charge >= 0.3 is 0 Å². The van der Waals surface area contributed by atoms with Gasteiger partial charge in [0.25, 0.3) is 5.91 Å². The highest BCUT2D eigenvalue weighted by atomic mass is 35.5. The molecule has 1 heterocycles. The quantitative estimate of drug-likeness (QED) is 0.855. The van der Waals surface area contributed by atoms with Crippen LogP contribution in [0.5, 0.6) is 11.5 Å². The van der Waals surface area contributed by atoms with E-state index in [-0.39, 0.29) is 12.7 Å². The van der Waals surface area contributed by atoms with E-state index >= 15 is 0 Å². The van der Waals surface area contributed by atoms with E-state index in [9.17, 15) is 4.79 Å². The Morgan fingerprint density at radius 2 is 2.00 bits per heavy atom. The summed E-state index contributed by atoms with van der Waals surface area (Å²) in [5, 5.41) is 3.17. The van der Waals surface area contributed by atoms with Gasteiger partial charge in [0.05, 0.1) is 10.6 Å². The maximum Gasteiger partial charge on any atom is 0.253 e. The monoisotopic (exact) mass is 304 g/mol. The SMILES string of the molecule is Nc1ccc(Cl)c(C(=O)NCc2ccc3c(c2)OCO3)c1. The predicted molar refractivity (Wildman–Crippen MR) is 79.6 cm³/mol. The summed E-state index contributed by atoms with van der Waals surface area (Å²) in [4.78, 5) is 12.1. The van der Waals surface area contributed by atoms with Crippen LogP contribution in [0.4, 0.5) is 5.69 Å². The Morgan fingerprint density at radius 3 is 2.86 bits per heavy atom. The second kappa shape index (κ2) is 5.54. The molecule has 3 N–H and O–H groups in total. The summed E-state index contributed by atoms with van der Waals surface area (Å²) in [7, 11) is 0. The lowest BCUT2D eigenvalue weighted by Gasteiger charge is -2.08. The van der Waals surface area contributed by atoms with Crippen LogP contribution in [0, 0.1) is 0 Å². The number of benzene rings is 2. The first kappa shape index (κ1) is 13.6. The Hall–Kier alpha value is -2.40. The van der Waals surface area contributed by atoms with E-state index in [0.717, 1.165) is 5.56 Å². The number of nitrogen functional groups attached to an aromatic ring is 1. The molecular weight excluding hydrogens is 292 g/mol. The number of hydrogen-bond donors (Lipinski definition) is 2. The van der Waals surface area contributed by atoms with Gasteiger partial charge in [0.2, 0.25) is 6.79 Å². The second-order valence-electron chi connectivity index (χ2n) is 4.61. The molecule has 1 aliphatic heterocycles. The Balaban J connectivity index is 1.70. The third-order valence-electron chi connectivity index (χ3n) is 3.13. The summed E-state index contributed by atoms with van der Waals surface area (Å²) >= 11 is 6.00. The first-order valence-electron chi connectivity index (χ1n) is 6.35. The summed E-state index contributed by atoms with van der Waals surface area (Å²) < 4.78 is 10.5. The smallest absolute Gasteiger partial charge is 0.253 e. The van der Waals surface area contributed by atoms with Crippen LogP contribution in [0.2, 0.25) is 5.02 Å². The van der Waals surface area contributed by atoms with Crippen LogP contribution in [-0.4, -0.2) is 12.7 Å². The van der Waals surface area contributed by atoms with Gasteiger partial charge in [-0.2, -0.15) is 0 Å². The molecule has 1 aliphatic rings. The zero-order chi connectivity index (χ0) is 14.8. The van der Waals surface area contributed by atoms with E-state index in [2.05, 4.69) is 5.32 Å². The van der Waals surface area contributed by atoms with E-state index in [0.29, 0.717) is 34.3 Å². The van der Waals surface area contributed by atoms with Crippen molar-refractivity contribution in [2.45, 2.75) is 6.54 Å². The fourth-order valence-corrected chi connectivity index (χ4v) is 2.25. The van der Waals surface area contributed by atoms with Crippen LogP contribution in [-0.2, 0) is 6.54 Å². The standard InChI is InChI=1S/C15H13ClN2O3/c16-12-3-2-10(17)6-11(12)15(19)18-7-9-1-4-13-14(5-9)21-8-20-13/h1-6H,7-8,17H2,(H,18,19). The minimum atomic E-state index is -0.273. The fraction of sp³-hybridized carbons (Fsp3) is 0.133. The highest BCUT2D eigenvalue weighted by Crippen LogP contribution is 2.32. The van der Waals surface area contributed by atoms with Crippen molar-refractivity contribution < 1.29 is 14.3 Å². The van der Waals surface area contributed by atoms with Gasteiger partial charge in [-0.1, -0.05) is 17.7 Å². The highest BCUT2D eigenvalue weighted by molar-refractivity contribution is 6.34. The number of hydrogen-bond acceptors (Lipinski definition) is 4. The molecule has 0 atom stereocenters. The van der Waals surface area contributed by atoms with E-state index in [1.165, 1.54) is 0 Å². The number of rotatable bonds is 3. The summed E-state index contributed by atoms with van der Waals surface area (Å²) in [6.45, 7) is 0.588. The average molecular weight is 305 g/mol. The van der Waals surface area contributed by atoms with Gasteiger partial charge in [0.15, 0.2) is 11.5 Å². The number of ether oxygens (including phenoxy) is 2. The number of nitrogens with two attached hydrogens (primary N) is 1. The molecule has 0 aliphatic carbocycles.